The molecular weight excluding hydrogens is 164 g/mol. The molecule has 0 amide bonds. The number of benzene rings is 1. The van der Waals surface area contributed by atoms with Gasteiger partial charge in [0.05, 0.1) is 6.20 Å². The number of hydrogen-bond donors (Lipinski definition) is 0. The maximum atomic E-state index is 5.51. The molecule has 0 aliphatic heterocycles. The van der Waals surface area contributed by atoms with Crippen LogP contribution in [-0.2, 0) is 0 Å². The highest BCUT2D eigenvalue weighted by atomic mass is 16.3. The van der Waals surface area contributed by atoms with Gasteiger partial charge in [0.25, 0.3) is 0 Å². The highest BCUT2D eigenvalue weighted by Gasteiger charge is 2.05. The first kappa shape index (κ1) is 6.60. The molecule has 0 bridgehead atoms. The minimum atomic E-state index is 0.708. The van der Waals surface area contributed by atoms with E-state index in [4.69, 9.17) is 4.42 Å². The van der Waals surface area contributed by atoms with Crippen LogP contribution in [0.2, 0.25) is 0 Å². The van der Waals surface area contributed by atoms with Gasteiger partial charge in [-0.2, -0.15) is 0 Å². The molecule has 1 radical (unpaired) electrons. The third-order valence-electron chi connectivity index (χ3n) is 2.00. The number of fused-ring (bicyclic) bond motifs is 3. The van der Waals surface area contributed by atoms with Crippen molar-refractivity contribution in [3.8, 4) is 0 Å². The summed E-state index contributed by atoms with van der Waals surface area (Å²) < 4.78 is 5.51. The highest BCUT2D eigenvalue weighted by molar-refractivity contribution is 6.01. The summed E-state index contributed by atoms with van der Waals surface area (Å²) in [6.45, 7) is 0. The first-order valence-electron chi connectivity index (χ1n) is 3.95. The number of rotatable bonds is 0. The molecular formula is C10H5N2O. The first-order chi connectivity index (χ1) is 6.45. The van der Waals surface area contributed by atoms with E-state index in [1.165, 1.54) is 0 Å². The molecule has 0 saturated heterocycles. The SMILES string of the molecule is [c]1ncc2oc3ccccc3c2n1. The van der Waals surface area contributed by atoms with Crippen molar-refractivity contribution in [2.45, 2.75) is 0 Å². The van der Waals surface area contributed by atoms with Gasteiger partial charge < -0.3 is 4.42 Å². The molecule has 0 unspecified atom stereocenters. The fourth-order valence-corrected chi connectivity index (χ4v) is 1.42. The van der Waals surface area contributed by atoms with Gasteiger partial charge in [-0.3, -0.25) is 0 Å². The van der Waals surface area contributed by atoms with Gasteiger partial charge in [0.15, 0.2) is 11.9 Å². The Morgan fingerprint density at radius 1 is 1.15 bits per heavy atom. The van der Waals surface area contributed by atoms with Gasteiger partial charge in [0, 0.05) is 5.39 Å². The zero-order chi connectivity index (χ0) is 8.67. The van der Waals surface area contributed by atoms with E-state index in [-0.39, 0.29) is 0 Å². The van der Waals surface area contributed by atoms with Crippen LogP contribution in [-0.4, -0.2) is 9.97 Å². The largest absolute Gasteiger partial charge is 0.453 e. The second-order valence-electron chi connectivity index (χ2n) is 2.78. The number of nitrogens with zero attached hydrogens (tertiary/aromatic N) is 2. The second kappa shape index (κ2) is 2.29. The maximum absolute atomic E-state index is 5.51. The van der Waals surface area contributed by atoms with Gasteiger partial charge in [-0.15, -0.1) is 0 Å². The van der Waals surface area contributed by atoms with Crippen molar-refractivity contribution in [1.82, 2.24) is 9.97 Å². The van der Waals surface area contributed by atoms with Crippen molar-refractivity contribution in [3.63, 3.8) is 0 Å². The molecule has 0 spiro atoms. The average molecular weight is 169 g/mol. The number of hydrogen-bond acceptors (Lipinski definition) is 3. The van der Waals surface area contributed by atoms with E-state index in [0.717, 1.165) is 16.5 Å². The fraction of sp³-hybridized carbons (Fsp3) is 0. The Kier molecular flexibility index (Phi) is 1.16. The smallest absolute Gasteiger partial charge is 0.198 e. The van der Waals surface area contributed by atoms with E-state index < -0.39 is 0 Å². The summed E-state index contributed by atoms with van der Waals surface area (Å²) in [6, 6.07) is 7.78. The van der Waals surface area contributed by atoms with Crippen LogP contribution < -0.4 is 0 Å². The third-order valence-corrected chi connectivity index (χ3v) is 2.00. The molecule has 0 aliphatic carbocycles. The molecule has 0 aliphatic rings. The predicted molar refractivity (Wildman–Crippen MR) is 48.1 cm³/mol. The van der Waals surface area contributed by atoms with E-state index in [9.17, 15) is 0 Å². The van der Waals surface area contributed by atoms with Crippen molar-refractivity contribution >= 4 is 22.1 Å². The minimum Gasteiger partial charge on any atom is -0.453 e. The summed E-state index contributed by atoms with van der Waals surface area (Å²) in [4.78, 5) is 7.82. The van der Waals surface area contributed by atoms with Gasteiger partial charge in [-0.05, 0) is 12.1 Å². The van der Waals surface area contributed by atoms with Gasteiger partial charge in [0.1, 0.15) is 11.1 Å². The quantitative estimate of drug-likeness (QED) is 0.517. The standard InChI is InChI=1S/C10H5N2O/c1-2-4-8-7(3-1)10-9(13-8)5-11-6-12-10/h1-5H. The minimum absolute atomic E-state index is 0.708. The molecule has 3 heteroatoms. The van der Waals surface area contributed by atoms with E-state index in [1.807, 2.05) is 24.3 Å². The van der Waals surface area contributed by atoms with E-state index in [0.29, 0.717) is 5.58 Å². The van der Waals surface area contributed by atoms with Crippen molar-refractivity contribution in [3.05, 3.63) is 36.8 Å². The van der Waals surface area contributed by atoms with Crippen molar-refractivity contribution in [2.75, 3.05) is 0 Å². The van der Waals surface area contributed by atoms with Crippen LogP contribution in [0.3, 0.4) is 0 Å². The van der Waals surface area contributed by atoms with Gasteiger partial charge in [-0.1, -0.05) is 12.1 Å². The van der Waals surface area contributed by atoms with Gasteiger partial charge in [-0.25, -0.2) is 9.97 Å². The van der Waals surface area contributed by atoms with Crippen LogP contribution in [0.4, 0.5) is 0 Å². The van der Waals surface area contributed by atoms with E-state index in [2.05, 4.69) is 16.3 Å². The molecule has 3 rings (SSSR count). The molecule has 0 N–H and O–H groups in total. The average Bonchev–Trinajstić information content (AvgIpc) is 2.56. The molecule has 61 valence electrons. The summed E-state index contributed by atoms with van der Waals surface area (Å²) in [5.74, 6) is 0. The molecule has 0 fully saturated rings. The van der Waals surface area contributed by atoms with Crippen LogP contribution in [0.5, 0.6) is 0 Å². The van der Waals surface area contributed by atoms with Crippen molar-refractivity contribution < 1.29 is 4.42 Å². The second-order valence-corrected chi connectivity index (χ2v) is 2.78. The van der Waals surface area contributed by atoms with Crippen LogP contribution in [0.25, 0.3) is 22.1 Å². The molecule has 2 aromatic heterocycles. The lowest BCUT2D eigenvalue weighted by atomic mass is 10.2. The van der Waals surface area contributed by atoms with Crippen LogP contribution in [0, 0.1) is 6.33 Å². The normalized spacial score (nSPS) is 11.1. The van der Waals surface area contributed by atoms with Crippen LogP contribution in [0.1, 0.15) is 0 Å². The lowest BCUT2D eigenvalue weighted by Crippen LogP contribution is -1.75. The lowest BCUT2D eigenvalue weighted by molar-refractivity contribution is 0.665. The van der Waals surface area contributed by atoms with Crippen molar-refractivity contribution in [2.24, 2.45) is 0 Å². The summed E-state index contributed by atoms with van der Waals surface area (Å²) in [7, 11) is 0. The molecule has 2 heterocycles. The Balaban J connectivity index is 2.64. The van der Waals surface area contributed by atoms with E-state index in [1.54, 1.807) is 6.20 Å². The Labute approximate surface area is 74.0 Å². The Morgan fingerprint density at radius 2 is 2.08 bits per heavy atom. The van der Waals surface area contributed by atoms with Gasteiger partial charge >= 0.3 is 0 Å². The van der Waals surface area contributed by atoms with Crippen LogP contribution in [0.15, 0.2) is 34.9 Å². The summed E-state index contributed by atoms with van der Waals surface area (Å²) in [6.07, 6.45) is 4.18. The summed E-state index contributed by atoms with van der Waals surface area (Å²) in [5.41, 5.74) is 2.37. The molecule has 3 nitrogen and oxygen atoms in total. The molecule has 1 aromatic carbocycles. The maximum Gasteiger partial charge on any atom is 0.198 e. The summed E-state index contributed by atoms with van der Waals surface area (Å²) >= 11 is 0. The number of furan rings is 1. The Morgan fingerprint density at radius 3 is 3.08 bits per heavy atom. The van der Waals surface area contributed by atoms with E-state index >= 15 is 0 Å². The van der Waals surface area contributed by atoms with Crippen LogP contribution >= 0.6 is 0 Å². The molecule has 0 atom stereocenters. The lowest BCUT2D eigenvalue weighted by Gasteiger charge is -1.83. The summed E-state index contributed by atoms with van der Waals surface area (Å²) in [5, 5.41) is 1.01. The molecule has 0 saturated carbocycles. The zero-order valence-electron chi connectivity index (χ0n) is 6.69. The van der Waals surface area contributed by atoms with Gasteiger partial charge in [0.2, 0.25) is 0 Å². The van der Waals surface area contributed by atoms with Crippen molar-refractivity contribution in [1.29, 1.82) is 0 Å². The third kappa shape index (κ3) is 0.839. The highest BCUT2D eigenvalue weighted by Crippen LogP contribution is 2.25. The fourth-order valence-electron chi connectivity index (χ4n) is 1.42. The Hall–Kier alpha value is -1.90. The number of aromatic nitrogens is 2. The number of para-hydroxylation sites is 1. The topological polar surface area (TPSA) is 38.9 Å². The molecule has 3 aromatic rings. The zero-order valence-corrected chi connectivity index (χ0v) is 6.69. The Bertz CT molecular complexity index is 521. The predicted octanol–water partition coefficient (Wildman–Crippen LogP) is 2.18. The monoisotopic (exact) mass is 169 g/mol. The first-order valence-corrected chi connectivity index (χ1v) is 3.95. The molecule has 13 heavy (non-hydrogen) atoms.